The molecule has 2 bridgehead atoms. The van der Waals surface area contributed by atoms with Crippen molar-refractivity contribution in [1.82, 2.24) is 4.90 Å². The summed E-state index contributed by atoms with van der Waals surface area (Å²) in [6.07, 6.45) is -7.13. The predicted octanol–water partition coefficient (Wildman–Crippen LogP) is -1.17. The molecule has 1 aromatic rings. The molecule has 4 aliphatic heterocycles. The number of carbonyl (C=O) groups is 2. The molecule has 0 radical (unpaired) electrons. The number of aliphatic hydroxyl groups is 3. The number of carboxylic acid groups (broad SMARTS) is 1. The highest BCUT2D eigenvalue weighted by molar-refractivity contribution is 5.78. The molecule has 0 aromatic heterocycles. The number of benzene rings is 1. The van der Waals surface area contributed by atoms with Crippen LogP contribution >= 0.6 is 0 Å². The fraction of sp³-hybridized carbons (Fsp3) is 0.652. The van der Waals surface area contributed by atoms with E-state index in [4.69, 9.17) is 18.9 Å². The van der Waals surface area contributed by atoms with Gasteiger partial charge in [0, 0.05) is 24.9 Å². The Morgan fingerprint density at radius 3 is 2.29 bits per heavy atom. The number of piperidine rings is 1. The number of hydrogen-bond acceptors (Lipinski definition) is 10. The summed E-state index contributed by atoms with van der Waals surface area (Å²) in [5, 5.41) is 39.3. The molecule has 4 fully saturated rings. The van der Waals surface area contributed by atoms with Gasteiger partial charge in [-0.25, -0.2) is 4.79 Å². The third-order valence-corrected chi connectivity index (χ3v) is 7.38. The summed E-state index contributed by atoms with van der Waals surface area (Å²) < 4.78 is 22.3. The fourth-order valence-electron chi connectivity index (χ4n) is 5.41. The second-order valence-corrected chi connectivity index (χ2v) is 9.43. The van der Waals surface area contributed by atoms with Gasteiger partial charge in [-0.3, -0.25) is 9.69 Å². The third kappa shape index (κ3) is 4.22. The minimum absolute atomic E-state index is 0.209. The Labute approximate surface area is 195 Å². The lowest BCUT2D eigenvalue weighted by molar-refractivity contribution is -0.294. The maximum atomic E-state index is 13.2. The van der Waals surface area contributed by atoms with Gasteiger partial charge >= 0.3 is 11.9 Å². The molecular weight excluding hydrogens is 450 g/mol. The number of aliphatic hydroxyl groups excluding tert-OH is 3. The van der Waals surface area contributed by atoms with Crippen molar-refractivity contribution in [2.45, 2.75) is 79.9 Å². The topological polar surface area (TPSA) is 159 Å². The van der Waals surface area contributed by atoms with Crippen LogP contribution < -0.4 is 0 Å². The average molecular weight is 479 g/mol. The summed E-state index contributed by atoms with van der Waals surface area (Å²) in [5.41, 5.74) is 0.621. The van der Waals surface area contributed by atoms with Crippen LogP contribution in [0, 0.1) is 0 Å². The first kappa shape index (κ1) is 23.6. The van der Waals surface area contributed by atoms with Gasteiger partial charge in [-0.2, -0.15) is 0 Å². The van der Waals surface area contributed by atoms with Gasteiger partial charge in [0.25, 0.3) is 0 Å². The number of nitrogens with zero attached hydrogens (tertiary/aromatic N) is 1. The highest BCUT2D eigenvalue weighted by atomic mass is 16.7. The van der Waals surface area contributed by atoms with E-state index in [2.05, 4.69) is 11.9 Å². The molecule has 34 heavy (non-hydrogen) atoms. The number of likely N-dealkylation sites (N-methyl/N-ethyl adjacent to an activating group) is 1. The van der Waals surface area contributed by atoms with E-state index in [1.165, 1.54) is 0 Å². The number of esters is 1. The minimum Gasteiger partial charge on any atom is -0.479 e. The van der Waals surface area contributed by atoms with Gasteiger partial charge in [-0.15, -0.1) is 0 Å². The molecule has 0 unspecified atom stereocenters. The number of carboxylic acids is 1. The molecule has 10 atom stereocenters. The van der Waals surface area contributed by atoms with Gasteiger partial charge in [0.15, 0.2) is 12.4 Å². The number of rotatable bonds is 7. The van der Waals surface area contributed by atoms with Crippen LogP contribution in [0.1, 0.15) is 24.3 Å². The maximum Gasteiger partial charge on any atom is 0.335 e. The van der Waals surface area contributed by atoms with Crippen LogP contribution in [0.15, 0.2) is 30.3 Å². The predicted molar refractivity (Wildman–Crippen MR) is 113 cm³/mol. The molecule has 0 spiro atoms. The summed E-state index contributed by atoms with van der Waals surface area (Å²) in [5.74, 6) is -2.88. The number of epoxide rings is 1. The van der Waals surface area contributed by atoms with Gasteiger partial charge in [0.2, 0.25) is 0 Å². The van der Waals surface area contributed by atoms with Crippen LogP contribution in [0.3, 0.4) is 0 Å². The molecule has 0 aliphatic carbocycles. The minimum atomic E-state index is -1.82. The average Bonchev–Trinajstić information content (AvgIpc) is 3.58. The molecule has 4 N–H and O–H groups in total. The van der Waals surface area contributed by atoms with Crippen molar-refractivity contribution in [3.63, 3.8) is 0 Å². The SMILES string of the molecule is CN1[C@H]2CC(OC(=O)[C@@H](CO[C@@H]3O[C@H](C(=O)O)[C@@H](O)[C@H](O)[C@H]3O)c3ccccc3)C[C@H]1[C@H]1O[C@@H]12. The van der Waals surface area contributed by atoms with Crippen molar-refractivity contribution in [3.05, 3.63) is 35.9 Å². The standard InChI is InChI=1S/C23H29NO10/c1-24-13-7-11(8-14(24)19-18(13)33-19)32-22(30)12(10-5-3-2-4-6-10)9-31-23-17(27)15(25)16(26)20(34-23)21(28)29/h2-6,11-20,23,25-27H,7-9H2,1H3,(H,28,29)/t12-,13-,14-,15-,16-,17+,18+,19+,20-,23+/m0/s1. The van der Waals surface area contributed by atoms with Crippen molar-refractivity contribution in [1.29, 1.82) is 0 Å². The first-order chi connectivity index (χ1) is 16.3. The first-order valence-corrected chi connectivity index (χ1v) is 11.4. The Balaban J connectivity index is 1.26. The molecule has 4 heterocycles. The zero-order valence-electron chi connectivity index (χ0n) is 18.5. The normalized spacial score (nSPS) is 42.0. The van der Waals surface area contributed by atoms with E-state index in [-0.39, 0.29) is 37.0 Å². The molecule has 0 amide bonds. The summed E-state index contributed by atoms with van der Waals surface area (Å²) in [7, 11) is 2.06. The Morgan fingerprint density at radius 2 is 1.68 bits per heavy atom. The van der Waals surface area contributed by atoms with Crippen molar-refractivity contribution in [2.24, 2.45) is 0 Å². The zero-order chi connectivity index (χ0) is 24.1. The molecule has 11 nitrogen and oxygen atoms in total. The quantitative estimate of drug-likeness (QED) is 0.276. The summed E-state index contributed by atoms with van der Waals surface area (Å²) in [6, 6.07) is 9.27. The maximum absolute atomic E-state index is 13.2. The van der Waals surface area contributed by atoms with Gasteiger partial charge in [-0.05, 0) is 12.6 Å². The van der Waals surface area contributed by atoms with Crippen LogP contribution in [0.5, 0.6) is 0 Å². The lowest BCUT2D eigenvalue weighted by atomic mass is 9.97. The number of fused-ring (bicyclic) bond motifs is 5. The van der Waals surface area contributed by atoms with Crippen molar-refractivity contribution in [2.75, 3.05) is 13.7 Å². The second-order valence-electron chi connectivity index (χ2n) is 9.43. The lowest BCUT2D eigenvalue weighted by Crippen LogP contribution is -2.60. The Hall–Kier alpha value is -2.12. The number of aliphatic carboxylic acids is 1. The second kappa shape index (κ2) is 9.15. The number of morpholine rings is 1. The summed E-state index contributed by atoms with van der Waals surface area (Å²) >= 11 is 0. The van der Waals surface area contributed by atoms with Crippen molar-refractivity contribution >= 4 is 11.9 Å². The van der Waals surface area contributed by atoms with Crippen molar-refractivity contribution in [3.8, 4) is 0 Å². The highest BCUT2D eigenvalue weighted by Crippen LogP contribution is 2.48. The molecule has 186 valence electrons. The number of ether oxygens (including phenoxy) is 4. The monoisotopic (exact) mass is 479 g/mol. The highest BCUT2D eigenvalue weighted by Gasteiger charge is 2.63. The smallest absolute Gasteiger partial charge is 0.335 e. The molecule has 4 saturated heterocycles. The summed E-state index contributed by atoms with van der Waals surface area (Å²) in [6.45, 7) is -0.284. The molecular formula is C23H29NO10. The van der Waals surface area contributed by atoms with E-state index >= 15 is 0 Å². The van der Waals surface area contributed by atoms with Gasteiger partial charge < -0.3 is 39.4 Å². The molecule has 11 heteroatoms. The number of carbonyl (C=O) groups excluding carboxylic acids is 1. The molecule has 4 aliphatic rings. The van der Waals surface area contributed by atoms with Crippen LogP contribution in [-0.4, -0.2) is 112 Å². The Kier molecular flexibility index (Phi) is 6.36. The molecule has 1 aromatic carbocycles. The summed E-state index contributed by atoms with van der Waals surface area (Å²) in [4.78, 5) is 26.9. The Morgan fingerprint density at radius 1 is 1.03 bits per heavy atom. The Bertz CT molecular complexity index is 896. The van der Waals surface area contributed by atoms with Crippen LogP contribution in [0.25, 0.3) is 0 Å². The fourth-order valence-corrected chi connectivity index (χ4v) is 5.41. The van der Waals surface area contributed by atoms with E-state index in [1.54, 1.807) is 30.3 Å². The lowest BCUT2D eigenvalue weighted by Gasteiger charge is -2.39. The molecule has 0 saturated carbocycles. The number of hydrogen-bond donors (Lipinski definition) is 4. The third-order valence-electron chi connectivity index (χ3n) is 7.38. The first-order valence-electron chi connectivity index (χ1n) is 11.4. The van der Waals surface area contributed by atoms with Gasteiger partial charge in [-0.1, -0.05) is 30.3 Å². The van der Waals surface area contributed by atoms with E-state index in [0.717, 1.165) is 0 Å². The van der Waals surface area contributed by atoms with E-state index < -0.39 is 48.6 Å². The van der Waals surface area contributed by atoms with Gasteiger partial charge in [0.1, 0.15) is 42.5 Å². The van der Waals surface area contributed by atoms with Gasteiger partial charge in [0.05, 0.1) is 6.61 Å². The van der Waals surface area contributed by atoms with Crippen molar-refractivity contribution < 1.29 is 49.0 Å². The van der Waals surface area contributed by atoms with Crippen LogP contribution in [0.2, 0.25) is 0 Å². The van der Waals surface area contributed by atoms with Crippen LogP contribution in [-0.2, 0) is 28.5 Å². The molecule has 5 rings (SSSR count). The largest absolute Gasteiger partial charge is 0.479 e. The van der Waals surface area contributed by atoms with E-state index in [9.17, 15) is 30.0 Å². The zero-order valence-corrected chi connectivity index (χ0v) is 18.5. The van der Waals surface area contributed by atoms with E-state index in [1.807, 2.05) is 0 Å². The van der Waals surface area contributed by atoms with Crippen LogP contribution in [0.4, 0.5) is 0 Å². The van der Waals surface area contributed by atoms with E-state index in [0.29, 0.717) is 18.4 Å².